The molecule has 25 heavy (non-hydrogen) atoms. The minimum Gasteiger partial charge on any atom is -0.493 e. The van der Waals surface area contributed by atoms with Crippen LogP contribution in [0.3, 0.4) is 0 Å². The average Bonchev–Trinajstić information content (AvgIpc) is 2.67. The number of aromatic nitrogens is 2. The smallest absolute Gasteiger partial charge is 0.224 e. The van der Waals surface area contributed by atoms with Crippen molar-refractivity contribution in [3.63, 3.8) is 0 Å². The molecule has 0 bridgehead atoms. The minimum atomic E-state index is 0.626. The Morgan fingerprint density at radius 2 is 1.88 bits per heavy atom. The van der Waals surface area contributed by atoms with E-state index in [0.717, 1.165) is 41.9 Å². The molecule has 2 aromatic rings. The lowest BCUT2D eigenvalue weighted by Crippen LogP contribution is -2.33. The summed E-state index contributed by atoms with van der Waals surface area (Å²) in [5.41, 5.74) is 1.08. The Labute approximate surface area is 149 Å². The lowest BCUT2D eigenvalue weighted by atomic mass is 9.99. The average molecular weight is 342 g/mol. The molecule has 1 aliphatic rings. The maximum Gasteiger partial charge on any atom is 0.224 e. The number of anilines is 2. The first-order valence-electron chi connectivity index (χ1n) is 8.72. The molecule has 1 N–H and O–H groups in total. The fraction of sp³-hybridized carbons (Fsp3) is 0.474. The number of benzene rings is 1. The molecule has 134 valence electrons. The number of rotatable bonds is 6. The predicted molar refractivity (Wildman–Crippen MR) is 99.5 cm³/mol. The van der Waals surface area contributed by atoms with Crippen molar-refractivity contribution in [3.05, 3.63) is 36.0 Å². The quantitative estimate of drug-likeness (QED) is 0.869. The Morgan fingerprint density at radius 3 is 2.60 bits per heavy atom. The van der Waals surface area contributed by atoms with Crippen molar-refractivity contribution in [2.45, 2.75) is 26.3 Å². The van der Waals surface area contributed by atoms with Gasteiger partial charge in [-0.25, -0.2) is 4.98 Å². The largest absolute Gasteiger partial charge is 0.493 e. The second kappa shape index (κ2) is 8.05. The third-order valence-electron chi connectivity index (χ3n) is 4.65. The minimum absolute atomic E-state index is 0.626. The molecule has 1 fully saturated rings. The highest BCUT2D eigenvalue weighted by atomic mass is 16.5. The SMILES string of the molecule is COc1ccc(CNc2nccc(N3CCC(C)CC3)n2)cc1OC. The highest BCUT2D eigenvalue weighted by Gasteiger charge is 2.17. The van der Waals surface area contributed by atoms with Crippen molar-refractivity contribution in [1.29, 1.82) is 0 Å². The van der Waals surface area contributed by atoms with E-state index in [4.69, 9.17) is 9.47 Å². The molecule has 0 aliphatic carbocycles. The van der Waals surface area contributed by atoms with Gasteiger partial charge in [0.25, 0.3) is 0 Å². The Kier molecular flexibility index (Phi) is 5.58. The van der Waals surface area contributed by atoms with Crippen LogP contribution < -0.4 is 19.7 Å². The highest BCUT2D eigenvalue weighted by Crippen LogP contribution is 2.28. The van der Waals surface area contributed by atoms with E-state index in [0.29, 0.717) is 12.5 Å². The molecule has 1 aromatic carbocycles. The van der Waals surface area contributed by atoms with Gasteiger partial charge >= 0.3 is 0 Å². The van der Waals surface area contributed by atoms with Gasteiger partial charge in [-0.1, -0.05) is 13.0 Å². The summed E-state index contributed by atoms with van der Waals surface area (Å²) in [4.78, 5) is 11.3. The van der Waals surface area contributed by atoms with E-state index in [2.05, 4.69) is 27.1 Å². The molecule has 1 aromatic heterocycles. The molecule has 0 spiro atoms. The summed E-state index contributed by atoms with van der Waals surface area (Å²) in [5.74, 6) is 3.89. The van der Waals surface area contributed by atoms with Gasteiger partial charge < -0.3 is 19.7 Å². The van der Waals surface area contributed by atoms with E-state index in [1.54, 1.807) is 14.2 Å². The molecule has 3 rings (SSSR count). The summed E-state index contributed by atoms with van der Waals surface area (Å²) in [5, 5.41) is 3.29. The number of methoxy groups -OCH3 is 2. The monoisotopic (exact) mass is 342 g/mol. The maximum absolute atomic E-state index is 5.35. The third kappa shape index (κ3) is 4.32. The Morgan fingerprint density at radius 1 is 1.12 bits per heavy atom. The fourth-order valence-electron chi connectivity index (χ4n) is 3.02. The second-order valence-electron chi connectivity index (χ2n) is 6.45. The van der Waals surface area contributed by atoms with Crippen LogP contribution in [0.25, 0.3) is 0 Å². The lowest BCUT2D eigenvalue weighted by Gasteiger charge is -2.31. The number of piperidine rings is 1. The van der Waals surface area contributed by atoms with Gasteiger partial charge in [-0.15, -0.1) is 0 Å². The van der Waals surface area contributed by atoms with E-state index in [9.17, 15) is 0 Å². The van der Waals surface area contributed by atoms with Crippen LogP contribution in [-0.4, -0.2) is 37.3 Å². The van der Waals surface area contributed by atoms with E-state index in [1.807, 2.05) is 30.5 Å². The van der Waals surface area contributed by atoms with Gasteiger partial charge in [0.05, 0.1) is 14.2 Å². The van der Waals surface area contributed by atoms with Gasteiger partial charge in [-0.3, -0.25) is 0 Å². The van der Waals surface area contributed by atoms with Crippen molar-refractivity contribution >= 4 is 11.8 Å². The third-order valence-corrected chi connectivity index (χ3v) is 4.65. The molecule has 0 saturated carbocycles. The van der Waals surface area contributed by atoms with Gasteiger partial charge in [0.15, 0.2) is 11.5 Å². The first-order chi connectivity index (χ1) is 12.2. The summed E-state index contributed by atoms with van der Waals surface area (Å²) in [7, 11) is 3.28. The normalized spacial score (nSPS) is 15.1. The zero-order valence-electron chi connectivity index (χ0n) is 15.2. The van der Waals surface area contributed by atoms with E-state index in [-0.39, 0.29) is 0 Å². The van der Waals surface area contributed by atoms with Crippen LogP contribution in [-0.2, 0) is 6.54 Å². The van der Waals surface area contributed by atoms with Gasteiger partial charge in [0.1, 0.15) is 5.82 Å². The lowest BCUT2D eigenvalue weighted by molar-refractivity contribution is 0.354. The van der Waals surface area contributed by atoms with Crippen LogP contribution in [0.2, 0.25) is 0 Å². The van der Waals surface area contributed by atoms with Gasteiger partial charge in [0.2, 0.25) is 5.95 Å². The van der Waals surface area contributed by atoms with Crippen molar-refractivity contribution < 1.29 is 9.47 Å². The van der Waals surface area contributed by atoms with Gasteiger partial charge in [-0.2, -0.15) is 4.98 Å². The number of ether oxygens (including phenoxy) is 2. The molecule has 6 heteroatoms. The van der Waals surface area contributed by atoms with Crippen LogP contribution in [0.5, 0.6) is 11.5 Å². The zero-order valence-corrected chi connectivity index (χ0v) is 15.2. The topological polar surface area (TPSA) is 59.5 Å². The summed E-state index contributed by atoms with van der Waals surface area (Å²) < 4.78 is 10.6. The molecule has 0 amide bonds. The molecule has 2 heterocycles. The highest BCUT2D eigenvalue weighted by molar-refractivity contribution is 5.45. The summed E-state index contributed by atoms with van der Waals surface area (Å²) in [6, 6.07) is 7.85. The molecule has 6 nitrogen and oxygen atoms in total. The fourth-order valence-corrected chi connectivity index (χ4v) is 3.02. The Balaban J connectivity index is 1.64. The Bertz CT molecular complexity index is 700. The van der Waals surface area contributed by atoms with E-state index < -0.39 is 0 Å². The van der Waals surface area contributed by atoms with Gasteiger partial charge in [0, 0.05) is 25.8 Å². The van der Waals surface area contributed by atoms with Crippen LogP contribution in [0.4, 0.5) is 11.8 Å². The molecule has 1 aliphatic heterocycles. The summed E-state index contributed by atoms with van der Waals surface area (Å²) in [6.45, 7) is 5.06. The number of nitrogens with zero attached hydrogens (tertiary/aromatic N) is 3. The molecular weight excluding hydrogens is 316 g/mol. The number of hydrogen-bond donors (Lipinski definition) is 1. The maximum atomic E-state index is 5.35. The molecule has 0 atom stereocenters. The van der Waals surface area contributed by atoms with E-state index >= 15 is 0 Å². The van der Waals surface area contributed by atoms with Crippen molar-refractivity contribution in [3.8, 4) is 11.5 Å². The number of hydrogen-bond acceptors (Lipinski definition) is 6. The van der Waals surface area contributed by atoms with Crippen LogP contribution in [0, 0.1) is 5.92 Å². The van der Waals surface area contributed by atoms with Gasteiger partial charge in [-0.05, 0) is 42.5 Å². The van der Waals surface area contributed by atoms with E-state index in [1.165, 1.54) is 12.8 Å². The van der Waals surface area contributed by atoms with Crippen molar-refractivity contribution in [2.75, 3.05) is 37.5 Å². The first-order valence-corrected chi connectivity index (χ1v) is 8.72. The van der Waals surface area contributed by atoms with Crippen LogP contribution in [0.1, 0.15) is 25.3 Å². The second-order valence-corrected chi connectivity index (χ2v) is 6.45. The first kappa shape index (κ1) is 17.3. The standard InChI is InChI=1S/C19H26N4O2/c1-14-7-10-23(11-8-14)18-6-9-20-19(22-18)21-13-15-4-5-16(24-2)17(12-15)25-3/h4-6,9,12,14H,7-8,10-11,13H2,1-3H3,(H,20,21,22). The number of nitrogens with one attached hydrogen (secondary N) is 1. The molecule has 0 unspecified atom stereocenters. The summed E-state index contributed by atoms with van der Waals surface area (Å²) >= 11 is 0. The van der Waals surface area contributed by atoms with Crippen LogP contribution >= 0.6 is 0 Å². The molecular formula is C19H26N4O2. The van der Waals surface area contributed by atoms with Crippen molar-refractivity contribution in [1.82, 2.24) is 9.97 Å². The molecule has 0 radical (unpaired) electrons. The van der Waals surface area contributed by atoms with Crippen LogP contribution in [0.15, 0.2) is 30.5 Å². The summed E-state index contributed by atoms with van der Waals surface area (Å²) in [6.07, 6.45) is 4.26. The molecule has 1 saturated heterocycles. The zero-order chi connectivity index (χ0) is 17.6. The Hall–Kier alpha value is -2.50. The predicted octanol–water partition coefficient (Wildman–Crippen LogP) is 3.34. The van der Waals surface area contributed by atoms with Crippen molar-refractivity contribution in [2.24, 2.45) is 5.92 Å².